The predicted octanol–water partition coefficient (Wildman–Crippen LogP) is 1.47. The lowest BCUT2D eigenvalue weighted by Gasteiger charge is -2.39. The molecule has 4 heterocycles. The summed E-state index contributed by atoms with van der Waals surface area (Å²) in [6.07, 6.45) is 9.52. The molecule has 4 aliphatic rings. The highest BCUT2D eigenvalue weighted by Crippen LogP contribution is 2.42. The first kappa shape index (κ1) is 13.0. The Kier molecular flexibility index (Phi) is 2.84. The van der Waals surface area contributed by atoms with E-state index in [1.807, 2.05) is 0 Å². The molecule has 4 fully saturated rings. The summed E-state index contributed by atoms with van der Waals surface area (Å²) in [6, 6.07) is 0.844. The zero-order valence-electron chi connectivity index (χ0n) is 12.0. The Hall–Kier alpha value is -0.740. The van der Waals surface area contributed by atoms with E-state index in [-0.39, 0.29) is 11.1 Å². The third kappa shape index (κ3) is 2.13. The molecule has 4 rings (SSSR count). The van der Waals surface area contributed by atoms with Gasteiger partial charge in [0, 0.05) is 48.8 Å². The topological polar surface area (TPSA) is 58.2 Å². The van der Waals surface area contributed by atoms with Crippen LogP contribution in [0.15, 0.2) is 0 Å². The molecule has 0 amide bonds. The van der Waals surface area contributed by atoms with Gasteiger partial charge in [-0.15, -0.1) is 0 Å². The van der Waals surface area contributed by atoms with Gasteiger partial charge in [-0.25, -0.2) is 0 Å². The second-order valence-electron chi connectivity index (χ2n) is 7.66. The molecular weight excluding hydrogens is 252 g/mol. The van der Waals surface area contributed by atoms with E-state index in [9.17, 15) is 9.59 Å². The van der Waals surface area contributed by atoms with Crippen molar-refractivity contribution in [3.8, 4) is 0 Å². The minimum Gasteiger partial charge on any atom is -0.308 e. The molecular formula is C16H24N2O2. The Morgan fingerprint density at radius 3 is 1.75 bits per heavy atom. The molecule has 4 saturated heterocycles. The van der Waals surface area contributed by atoms with Crippen molar-refractivity contribution in [2.24, 2.45) is 0 Å². The number of fused-ring (bicyclic) bond motifs is 4. The highest BCUT2D eigenvalue weighted by molar-refractivity contribution is 5.82. The number of carbonyl (C=O) groups excluding carboxylic acids is 2. The zero-order valence-corrected chi connectivity index (χ0v) is 12.0. The molecule has 0 aromatic carbocycles. The number of Topliss-reactive ketones (excluding diaryl/α,β-unsaturated/α-hetero) is 2. The van der Waals surface area contributed by atoms with Gasteiger partial charge in [0.05, 0.1) is 0 Å². The molecule has 4 unspecified atom stereocenters. The van der Waals surface area contributed by atoms with Crippen molar-refractivity contribution in [3.63, 3.8) is 0 Å². The number of piperidine rings is 2. The van der Waals surface area contributed by atoms with E-state index < -0.39 is 0 Å². The SMILES string of the molecule is O=C1CC2CCC(CCC34CCC(CC(=O)C3)N4)(C1)N2. The summed E-state index contributed by atoms with van der Waals surface area (Å²) in [7, 11) is 0. The number of nitrogens with one attached hydrogen (secondary N) is 2. The smallest absolute Gasteiger partial charge is 0.136 e. The summed E-state index contributed by atoms with van der Waals surface area (Å²) in [5, 5.41) is 7.41. The number of hydrogen-bond acceptors (Lipinski definition) is 4. The number of ketones is 2. The number of hydrogen-bond donors (Lipinski definition) is 2. The Morgan fingerprint density at radius 2 is 1.30 bits per heavy atom. The van der Waals surface area contributed by atoms with Crippen LogP contribution in [0.4, 0.5) is 0 Å². The maximum absolute atomic E-state index is 11.9. The van der Waals surface area contributed by atoms with Gasteiger partial charge in [-0.1, -0.05) is 0 Å². The van der Waals surface area contributed by atoms with E-state index in [4.69, 9.17) is 0 Å². The van der Waals surface area contributed by atoms with Crippen LogP contribution in [0.5, 0.6) is 0 Å². The Balaban J connectivity index is 1.45. The van der Waals surface area contributed by atoms with Crippen LogP contribution < -0.4 is 10.6 Å². The van der Waals surface area contributed by atoms with Crippen LogP contribution in [-0.4, -0.2) is 34.7 Å². The minimum atomic E-state index is 0.0506. The Bertz CT molecular complexity index is 421. The summed E-state index contributed by atoms with van der Waals surface area (Å²) in [4.78, 5) is 23.8. The van der Waals surface area contributed by atoms with Crippen molar-refractivity contribution in [2.75, 3.05) is 0 Å². The molecule has 0 saturated carbocycles. The van der Waals surface area contributed by atoms with Gasteiger partial charge in [0.15, 0.2) is 0 Å². The largest absolute Gasteiger partial charge is 0.308 e. The average molecular weight is 276 g/mol. The van der Waals surface area contributed by atoms with E-state index in [0.717, 1.165) is 51.4 Å². The van der Waals surface area contributed by atoms with E-state index in [2.05, 4.69) is 10.6 Å². The molecule has 4 nitrogen and oxygen atoms in total. The third-order valence-corrected chi connectivity index (χ3v) is 6.06. The van der Waals surface area contributed by atoms with E-state index in [0.29, 0.717) is 36.5 Å². The molecule has 4 aliphatic heterocycles. The molecule has 0 aromatic rings. The zero-order chi connectivity index (χ0) is 13.8. The van der Waals surface area contributed by atoms with Crippen LogP contribution >= 0.6 is 0 Å². The molecule has 0 radical (unpaired) electrons. The van der Waals surface area contributed by atoms with Crippen molar-refractivity contribution >= 4 is 11.6 Å². The van der Waals surface area contributed by atoms with Gasteiger partial charge in [0.25, 0.3) is 0 Å². The van der Waals surface area contributed by atoms with Gasteiger partial charge < -0.3 is 10.6 Å². The molecule has 4 heteroatoms. The molecule has 20 heavy (non-hydrogen) atoms. The Morgan fingerprint density at radius 1 is 0.850 bits per heavy atom. The quantitative estimate of drug-likeness (QED) is 0.819. The van der Waals surface area contributed by atoms with Gasteiger partial charge in [-0.3, -0.25) is 9.59 Å². The van der Waals surface area contributed by atoms with E-state index >= 15 is 0 Å². The third-order valence-electron chi connectivity index (χ3n) is 6.06. The molecule has 0 aliphatic carbocycles. The van der Waals surface area contributed by atoms with Crippen molar-refractivity contribution in [2.45, 2.75) is 87.4 Å². The summed E-state index contributed by atoms with van der Waals surface area (Å²) in [6.45, 7) is 0. The van der Waals surface area contributed by atoms with Crippen LogP contribution in [0, 0.1) is 0 Å². The second-order valence-corrected chi connectivity index (χ2v) is 7.66. The second kappa shape index (κ2) is 4.38. The summed E-state index contributed by atoms with van der Waals surface area (Å²) in [5.41, 5.74) is 0.101. The monoisotopic (exact) mass is 276 g/mol. The fourth-order valence-corrected chi connectivity index (χ4v) is 5.14. The highest BCUT2D eigenvalue weighted by Gasteiger charge is 2.49. The van der Waals surface area contributed by atoms with Crippen LogP contribution in [0.25, 0.3) is 0 Å². The summed E-state index contributed by atoms with van der Waals surface area (Å²) < 4.78 is 0. The lowest BCUT2D eigenvalue weighted by molar-refractivity contribution is -0.124. The summed E-state index contributed by atoms with van der Waals surface area (Å²) in [5.74, 6) is 0.862. The molecule has 4 bridgehead atoms. The average Bonchev–Trinajstić information content (AvgIpc) is 2.86. The first-order chi connectivity index (χ1) is 9.57. The van der Waals surface area contributed by atoms with Crippen molar-refractivity contribution in [1.29, 1.82) is 0 Å². The maximum atomic E-state index is 11.9. The van der Waals surface area contributed by atoms with Crippen molar-refractivity contribution < 1.29 is 9.59 Å². The van der Waals surface area contributed by atoms with Crippen LogP contribution in [0.3, 0.4) is 0 Å². The number of carbonyl (C=O) groups is 2. The molecule has 110 valence electrons. The first-order valence-electron chi connectivity index (χ1n) is 8.15. The van der Waals surface area contributed by atoms with E-state index in [1.54, 1.807) is 0 Å². The van der Waals surface area contributed by atoms with Crippen LogP contribution in [0.1, 0.15) is 64.2 Å². The van der Waals surface area contributed by atoms with Crippen LogP contribution in [0.2, 0.25) is 0 Å². The highest BCUT2D eigenvalue weighted by atomic mass is 16.1. The fraction of sp³-hybridized carbons (Fsp3) is 0.875. The van der Waals surface area contributed by atoms with Crippen LogP contribution in [-0.2, 0) is 9.59 Å². The van der Waals surface area contributed by atoms with Gasteiger partial charge in [0.2, 0.25) is 0 Å². The van der Waals surface area contributed by atoms with Gasteiger partial charge in [-0.05, 0) is 38.5 Å². The number of rotatable bonds is 3. The van der Waals surface area contributed by atoms with E-state index in [1.165, 1.54) is 0 Å². The van der Waals surface area contributed by atoms with Gasteiger partial charge in [0.1, 0.15) is 11.6 Å². The van der Waals surface area contributed by atoms with Crippen molar-refractivity contribution in [1.82, 2.24) is 10.6 Å². The lowest BCUT2D eigenvalue weighted by Crippen LogP contribution is -2.54. The molecule has 4 atom stereocenters. The Labute approximate surface area is 120 Å². The maximum Gasteiger partial charge on any atom is 0.136 e. The fourth-order valence-electron chi connectivity index (χ4n) is 5.14. The molecule has 0 spiro atoms. The first-order valence-corrected chi connectivity index (χ1v) is 8.15. The normalized spacial score (nSPS) is 47.0. The molecule has 0 aromatic heterocycles. The standard InChI is InChI=1S/C16H24N2O2/c19-13-7-11-1-3-15(9-13,17-11)5-6-16-4-2-12(18-16)8-14(20)10-16/h11-12,17-18H,1-10H2. The summed E-state index contributed by atoms with van der Waals surface area (Å²) >= 11 is 0. The van der Waals surface area contributed by atoms with Crippen molar-refractivity contribution in [3.05, 3.63) is 0 Å². The van der Waals surface area contributed by atoms with Gasteiger partial charge >= 0.3 is 0 Å². The predicted molar refractivity (Wildman–Crippen MR) is 75.5 cm³/mol. The lowest BCUT2D eigenvalue weighted by atomic mass is 9.78. The molecule has 2 N–H and O–H groups in total. The van der Waals surface area contributed by atoms with Gasteiger partial charge in [-0.2, -0.15) is 0 Å². The minimum absolute atomic E-state index is 0.0506.